The predicted octanol–water partition coefficient (Wildman–Crippen LogP) is 1.62. The normalized spacial score (nSPS) is 15.4. The zero-order valence-electron chi connectivity index (χ0n) is 10.7. The quantitative estimate of drug-likeness (QED) is 0.613. The highest BCUT2D eigenvalue weighted by Crippen LogP contribution is 2.26. The average Bonchev–Trinajstić information content (AvgIpc) is 2.85. The molecule has 1 aliphatic rings. The highest BCUT2D eigenvalue weighted by Gasteiger charge is 2.19. The van der Waals surface area contributed by atoms with E-state index in [1.165, 1.54) is 12.8 Å². The van der Waals surface area contributed by atoms with Crippen LogP contribution in [0.15, 0.2) is 0 Å². The molecule has 5 heteroatoms. The lowest BCUT2D eigenvalue weighted by molar-refractivity contribution is 0.813. The lowest BCUT2D eigenvalue weighted by atomic mass is 10.2. The highest BCUT2D eigenvalue weighted by atomic mass is 15.3. The average molecular weight is 235 g/mol. The summed E-state index contributed by atoms with van der Waals surface area (Å²) in [5.74, 6) is 8.21. The molecule has 1 aromatic heterocycles. The van der Waals surface area contributed by atoms with Gasteiger partial charge < -0.3 is 10.3 Å². The first-order valence-electron chi connectivity index (χ1n) is 6.35. The molecule has 2 heterocycles. The van der Waals surface area contributed by atoms with Gasteiger partial charge in [0.2, 0.25) is 0 Å². The van der Waals surface area contributed by atoms with E-state index in [0.717, 1.165) is 49.0 Å². The molecule has 0 aliphatic carbocycles. The zero-order valence-corrected chi connectivity index (χ0v) is 10.7. The molecule has 0 amide bonds. The second kappa shape index (κ2) is 5.31. The van der Waals surface area contributed by atoms with Crippen molar-refractivity contribution in [2.24, 2.45) is 5.84 Å². The maximum absolute atomic E-state index is 5.52. The van der Waals surface area contributed by atoms with E-state index >= 15 is 0 Å². The summed E-state index contributed by atoms with van der Waals surface area (Å²) in [4.78, 5) is 11.4. The summed E-state index contributed by atoms with van der Waals surface area (Å²) in [7, 11) is 0. The molecule has 0 unspecified atom stereocenters. The van der Waals surface area contributed by atoms with E-state index in [9.17, 15) is 0 Å². The molecular formula is C12H21N5. The van der Waals surface area contributed by atoms with Gasteiger partial charge in [-0.2, -0.15) is 0 Å². The number of nitrogens with zero attached hydrogens (tertiary/aromatic N) is 3. The van der Waals surface area contributed by atoms with Crippen LogP contribution in [0.1, 0.15) is 37.6 Å². The van der Waals surface area contributed by atoms with Gasteiger partial charge in [-0.05, 0) is 26.2 Å². The fourth-order valence-corrected chi connectivity index (χ4v) is 2.26. The number of aromatic nitrogens is 2. The maximum atomic E-state index is 5.52. The standard InChI is InChI=1S/C12H21N5/c1-3-6-10-14-11(16-13)9(2)12(15-10)17-7-4-5-8-17/h3-8,13H2,1-2H3,(H,14,15,16). The van der Waals surface area contributed by atoms with Crippen LogP contribution < -0.4 is 16.2 Å². The monoisotopic (exact) mass is 235 g/mol. The Hall–Kier alpha value is -1.36. The number of hydrazine groups is 1. The fourth-order valence-electron chi connectivity index (χ4n) is 2.26. The molecule has 17 heavy (non-hydrogen) atoms. The number of anilines is 2. The summed E-state index contributed by atoms with van der Waals surface area (Å²) in [6.45, 7) is 6.34. The topological polar surface area (TPSA) is 67.1 Å². The number of aryl methyl sites for hydroxylation is 1. The minimum Gasteiger partial charge on any atom is -0.356 e. The lowest BCUT2D eigenvalue weighted by Gasteiger charge is -2.20. The van der Waals surface area contributed by atoms with Crippen LogP contribution >= 0.6 is 0 Å². The van der Waals surface area contributed by atoms with E-state index in [0.29, 0.717) is 0 Å². The number of nitrogens with one attached hydrogen (secondary N) is 1. The molecule has 1 aliphatic heterocycles. The summed E-state index contributed by atoms with van der Waals surface area (Å²) in [5.41, 5.74) is 3.73. The molecule has 2 rings (SSSR count). The molecule has 0 atom stereocenters. The Bertz CT molecular complexity index is 385. The third-order valence-corrected chi connectivity index (χ3v) is 3.18. The second-order valence-electron chi connectivity index (χ2n) is 4.53. The van der Waals surface area contributed by atoms with E-state index < -0.39 is 0 Å². The van der Waals surface area contributed by atoms with Crippen molar-refractivity contribution in [1.82, 2.24) is 9.97 Å². The van der Waals surface area contributed by atoms with Gasteiger partial charge in [-0.1, -0.05) is 6.92 Å². The fraction of sp³-hybridized carbons (Fsp3) is 0.667. The Morgan fingerprint density at radius 2 is 2.00 bits per heavy atom. The zero-order chi connectivity index (χ0) is 12.3. The van der Waals surface area contributed by atoms with Crippen molar-refractivity contribution in [3.05, 3.63) is 11.4 Å². The highest BCUT2D eigenvalue weighted by molar-refractivity contribution is 5.58. The van der Waals surface area contributed by atoms with Crippen molar-refractivity contribution < 1.29 is 0 Å². The number of nitrogen functional groups attached to an aromatic ring is 1. The van der Waals surface area contributed by atoms with Crippen LogP contribution in [-0.2, 0) is 6.42 Å². The van der Waals surface area contributed by atoms with Gasteiger partial charge >= 0.3 is 0 Å². The van der Waals surface area contributed by atoms with Gasteiger partial charge in [0.15, 0.2) is 0 Å². The number of hydrogen-bond acceptors (Lipinski definition) is 5. The minimum atomic E-state index is 0.755. The van der Waals surface area contributed by atoms with Gasteiger partial charge in [0.05, 0.1) is 0 Å². The summed E-state index contributed by atoms with van der Waals surface area (Å²) < 4.78 is 0. The van der Waals surface area contributed by atoms with Crippen LogP contribution in [0.5, 0.6) is 0 Å². The van der Waals surface area contributed by atoms with Crippen LogP contribution in [0.2, 0.25) is 0 Å². The molecule has 1 saturated heterocycles. The Kier molecular flexibility index (Phi) is 3.78. The van der Waals surface area contributed by atoms with E-state index in [4.69, 9.17) is 5.84 Å². The number of nitrogens with two attached hydrogens (primary N) is 1. The lowest BCUT2D eigenvalue weighted by Crippen LogP contribution is -2.23. The molecule has 0 radical (unpaired) electrons. The maximum Gasteiger partial charge on any atom is 0.148 e. The van der Waals surface area contributed by atoms with Crippen molar-refractivity contribution in [2.75, 3.05) is 23.4 Å². The van der Waals surface area contributed by atoms with Crippen molar-refractivity contribution in [2.45, 2.75) is 39.5 Å². The molecule has 94 valence electrons. The molecule has 5 nitrogen and oxygen atoms in total. The summed E-state index contributed by atoms with van der Waals surface area (Å²) in [6, 6.07) is 0. The van der Waals surface area contributed by atoms with E-state index in [1.54, 1.807) is 0 Å². The van der Waals surface area contributed by atoms with Crippen molar-refractivity contribution in [3.8, 4) is 0 Å². The Balaban J connectivity index is 2.37. The first-order valence-corrected chi connectivity index (χ1v) is 6.35. The first-order chi connectivity index (χ1) is 8.26. The van der Waals surface area contributed by atoms with Gasteiger partial charge in [0.25, 0.3) is 0 Å². The predicted molar refractivity (Wildman–Crippen MR) is 70.0 cm³/mol. The van der Waals surface area contributed by atoms with Gasteiger partial charge in [-0.3, -0.25) is 0 Å². The van der Waals surface area contributed by atoms with Crippen LogP contribution in [-0.4, -0.2) is 23.1 Å². The Morgan fingerprint density at radius 1 is 1.29 bits per heavy atom. The third kappa shape index (κ3) is 2.49. The van der Waals surface area contributed by atoms with Crippen LogP contribution in [0, 0.1) is 6.92 Å². The number of rotatable bonds is 4. The molecule has 0 aromatic carbocycles. The van der Waals surface area contributed by atoms with Crippen LogP contribution in [0.3, 0.4) is 0 Å². The summed E-state index contributed by atoms with van der Waals surface area (Å²) in [6.07, 6.45) is 4.44. The molecule has 0 spiro atoms. The van der Waals surface area contributed by atoms with Crippen LogP contribution in [0.4, 0.5) is 11.6 Å². The molecule has 0 bridgehead atoms. The molecule has 3 N–H and O–H groups in total. The minimum absolute atomic E-state index is 0.755. The Morgan fingerprint density at radius 3 is 2.59 bits per heavy atom. The first kappa shape index (κ1) is 12.1. The second-order valence-corrected chi connectivity index (χ2v) is 4.53. The largest absolute Gasteiger partial charge is 0.356 e. The van der Waals surface area contributed by atoms with Gasteiger partial charge in [-0.25, -0.2) is 15.8 Å². The van der Waals surface area contributed by atoms with Crippen molar-refractivity contribution >= 4 is 11.6 Å². The van der Waals surface area contributed by atoms with E-state index in [1.807, 2.05) is 6.92 Å². The smallest absolute Gasteiger partial charge is 0.148 e. The molecular weight excluding hydrogens is 214 g/mol. The third-order valence-electron chi connectivity index (χ3n) is 3.18. The van der Waals surface area contributed by atoms with Crippen molar-refractivity contribution in [1.29, 1.82) is 0 Å². The van der Waals surface area contributed by atoms with E-state index in [-0.39, 0.29) is 0 Å². The Labute approximate surface area is 102 Å². The molecule has 0 saturated carbocycles. The molecule has 1 aromatic rings. The summed E-state index contributed by atoms with van der Waals surface area (Å²) in [5, 5.41) is 0. The van der Waals surface area contributed by atoms with E-state index in [2.05, 4.69) is 27.2 Å². The van der Waals surface area contributed by atoms with Gasteiger partial charge in [-0.15, -0.1) is 0 Å². The van der Waals surface area contributed by atoms with Gasteiger partial charge in [0.1, 0.15) is 17.5 Å². The SMILES string of the molecule is CCCc1nc(NN)c(C)c(N2CCCC2)n1. The van der Waals surface area contributed by atoms with Crippen LogP contribution in [0.25, 0.3) is 0 Å². The van der Waals surface area contributed by atoms with Crippen molar-refractivity contribution in [3.63, 3.8) is 0 Å². The van der Waals surface area contributed by atoms with Gasteiger partial charge in [0, 0.05) is 25.1 Å². The summed E-state index contributed by atoms with van der Waals surface area (Å²) >= 11 is 0. The molecule has 1 fully saturated rings. The number of hydrogen-bond donors (Lipinski definition) is 2.